The number of thiazole rings is 1. The molecule has 0 saturated carbocycles. The highest BCUT2D eigenvalue weighted by molar-refractivity contribution is 7.79. The van der Waals surface area contributed by atoms with E-state index in [1.54, 1.807) is 25.6 Å². The van der Waals surface area contributed by atoms with E-state index in [4.69, 9.17) is 9.47 Å². The van der Waals surface area contributed by atoms with E-state index in [2.05, 4.69) is 17.6 Å². The highest BCUT2D eigenvalue weighted by Crippen LogP contribution is 2.21. The topological polar surface area (TPSA) is 31.4 Å². The molecule has 0 radical (unpaired) electrons. The van der Waals surface area contributed by atoms with Crippen LogP contribution in [0.2, 0.25) is 0 Å². The molecule has 0 unspecified atom stereocenters. The summed E-state index contributed by atoms with van der Waals surface area (Å²) in [5.41, 5.74) is 1.01. The lowest BCUT2D eigenvalue weighted by atomic mass is 10.4. The smallest absolute Gasteiger partial charge is 0.0955 e. The molecular formula is C9H15NO2S2. The maximum absolute atomic E-state index is 5.07. The molecule has 0 fully saturated rings. The molecule has 14 heavy (non-hydrogen) atoms. The fraction of sp³-hybridized carbons (Fsp3) is 0.667. The number of rotatable bonds is 6. The summed E-state index contributed by atoms with van der Waals surface area (Å²) in [6.07, 6.45) is 0.867. The van der Waals surface area contributed by atoms with Gasteiger partial charge in [0.05, 0.1) is 23.9 Å². The summed E-state index contributed by atoms with van der Waals surface area (Å²) < 4.78 is 10.1. The maximum atomic E-state index is 5.07. The highest BCUT2D eigenvalue weighted by atomic mass is 32.1. The van der Waals surface area contributed by atoms with Crippen molar-refractivity contribution in [3.05, 3.63) is 15.6 Å². The number of thiol groups is 1. The van der Waals surface area contributed by atoms with Crippen LogP contribution in [0, 0.1) is 0 Å². The van der Waals surface area contributed by atoms with Crippen molar-refractivity contribution in [1.82, 2.24) is 4.98 Å². The van der Waals surface area contributed by atoms with E-state index in [1.807, 2.05) is 0 Å². The molecule has 0 atom stereocenters. The second kappa shape index (κ2) is 6.40. The summed E-state index contributed by atoms with van der Waals surface area (Å²) in [6, 6.07) is 0. The Hall–Kier alpha value is -0.100. The van der Waals surface area contributed by atoms with Gasteiger partial charge in [0.25, 0.3) is 0 Å². The van der Waals surface area contributed by atoms with E-state index < -0.39 is 0 Å². The van der Waals surface area contributed by atoms with Crippen molar-refractivity contribution in [3.8, 4) is 0 Å². The SMILES string of the molecule is COCCc1nc(COC)c(CS)s1. The van der Waals surface area contributed by atoms with Crippen LogP contribution < -0.4 is 0 Å². The first-order valence-electron chi connectivity index (χ1n) is 4.38. The molecule has 1 aromatic rings. The van der Waals surface area contributed by atoms with Gasteiger partial charge >= 0.3 is 0 Å². The minimum absolute atomic E-state index is 0.569. The van der Waals surface area contributed by atoms with Gasteiger partial charge in [0, 0.05) is 31.3 Å². The summed E-state index contributed by atoms with van der Waals surface area (Å²) in [4.78, 5) is 5.67. The van der Waals surface area contributed by atoms with Gasteiger partial charge in [-0.1, -0.05) is 0 Å². The second-order valence-corrected chi connectivity index (χ2v) is 4.30. The first-order chi connectivity index (χ1) is 6.81. The number of methoxy groups -OCH3 is 2. The molecule has 0 aromatic carbocycles. The standard InChI is InChI=1S/C9H15NO2S2/c1-11-4-3-9-10-7(5-12-2)8(6-13)14-9/h13H,3-6H2,1-2H3. The van der Waals surface area contributed by atoms with Crippen LogP contribution in [-0.4, -0.2) is 25.8 Å². The van der Waals surface area contributed by atoms with Gasteiger partial charge in [-0.2, -0.15) is 12.6 Å². The van der Waals surface area contributed by atoms with Crippen LogP contribution in [0.3, 0.4) is 0 Å². The van der Waals surface area contributed by atoms with Gasteiger partial charge in [0.1, 0.15) is 0 Å². The molecule has 0 bridgehead atoms. The summed E-state index contributed by atoms with van der Waals surface area (Å²) in [7, 11) is 3.37. The van der Waals surface area contributed by atoms with Crippen LogP contribution in [0.25, 0.3) is 0 Å². The number of hydrogen-bond donors (Lipinski definition) is 1. The summed E-state index contributed by atoms with van der Waals surface area (Å²) in [5.74, 6) is 0.726. The van der Waals surface area contributed by atoms with E-state index in [1.165, 1.54) is 4.88 Å². The molecule has 0 aliphatic rings. The molecule has 0 spiro atoms. The second-order valence-electron chi connectivity index (χ2n) is 2.81. The molecule has 0 aliphatic carbocycles. The van der Waals surface area contributed by atoms with Crippen molar-refractivity contribution in [2.45, 2.75) is 18.8 Å². The van der Waals surface area contributed by atoms with E-state index >= 15 is 0 Å². The largest absolute Gasteiger partial charge is 0.384 e. The predicted octanol–water partition coefficient (Wildman–Crippen LogP) is 1.91. The Morgan fingerprint density at radius 2 is 2.14 bits per heavy atom. The average Bonchev–Trinajstić information content (AvgIpc) is 2.58. The van der Waals surface area contributed by atoms with Crippen molar-refractivity contribution in [2.24, 2.45) is 0 Å². The fourth-order valence-electron chi connectivity index (χ4n) is 1.11. The van der Waals surface area contributed by atoms with Gasteiger partial charge in [0.15, 0.2) is 0 Å². The summed E-state index contributed by atoms with van der Waals surface area (Å²) >= 11 is 5.95. The molecule has 0 N–H and O–H groups in total. The minimum atomic E-state index is 0.569. The highest BCUT2D eigenvalue weighted by Gasteiger charge is 2.09. The Bertz CT molecular complexity index is 276. The molecular weight excluding hydrogens is 218 g/mol. The van der Waals surface area contributed by atoms with Crippen molar-refractivity contribution in [3.63, 3.8) is 0 Å². The van der Waals surface area contributed by atoms with Crippen LogP contribution in [0.5, 0.6) is 0 Å². The Kier molecular flexibility index (Phi) is 5.47. The van der Waals surface area contributed by atoms with Gasteiger partial charge in [-0.05, 0) is 0 Å². The third kappa shape index (κ3) is 3.24. The third-order valence-corrected chi connectivity index (χ3v) is 3.45. The Labute approximate surface area is 93.9 Å². The zero-order chi connectivity index (χ0) is 10.4. The first-order valence-corrected chi connectivity index (χ1v) is 5.83. The van der Waals surface area contributed by atoms with Crippen molar-refractivity contribution in [2.75, 3.05) is 20.8 Å². The van der Waals surface area contributed by atoms with Gasteiger partial charge in [-0.3, -0.25) is 0 Å². The number of ether oxygens (including phenoxy) is 2. The summed E-state index contributed by atoms with van der Waals surface area (Å²) in [6.45, 7) is 1.28. The van der Waals surface area contributed by atoms with Crippen LogP contribution in [0.1, 0.15) is 15.6 Å². The molecule has 1 heterocycles. The summed E-state index contributed by atoms with van der Waals surface area (Å²) in [5, 5.41) is 1.10. The van der Waals surface area contributed by atoms with E-state index in [-0.39, 0.29) is 0 Å². The number of nitrogens with zero attached hydrogens (tertiary/aromatic N) is 1. The van der Waals surface area contributed by atoms with Crippen molar-refractivity contribution < 1.29 is 9.47 Å². The third-order valence-electron chi connectivity index (χ3n) is 1.77. The molecule has 0 amide bonds. The van der Waals surface area contributed by atoms with Gasteiger partial charge in [-0.25, -0.2) is 4.98 Å². The van der Waals surface area contributed by atoms with Crippen LogP contribution in [0.15, 0.2) is 0 Å². The molecule has 80 valence electrons. The molecule has 3 nitrogen and oxygen atoms in total. The van der Waals surface area contributed by atoms with Gasteiger partial charge in [-0.15, -0.1) is 11.3 Å². The van der Waals surface area contributed by atoms with Crippen molar-refractivity contribution >= 4 is 24.0 Å². The lowest BCUT2D eigenvalue weighted by Gasteiger charge is -1.95. The monoisotopic (exact) mass is 233 g/mol. The van der Waals surface area contributed by atoms with Gasteiger partial charge < -0.3 is 9.47 Å². The zero-order valence-electron chi connectivity index (χ0n) is 8.45. The zero-order valence-corrected chi connectivity index (χ0v) is 10.2. The molecule has 0 saturated heterocycles. The maximum Gasteiger partial charge on any atom is 0.0955 e. The number of hydrogen-bond acceptors (Lipinski definition) is 5. The number of aromatic nitrogens is 1. The normalized spacial score (nSPS) is 10.8. The van der Waals surface area contributed by atoms with Crippen LogP contribution >= 0.6 is 24.0 Å². The Morgan fingerprint density at radius 3 is 2.71 bits per heavy atom. The molecule has 1 rings (SSSR count). The molecule has 0 aliphatic heterocycles. The Balaban J connectivity index is 2.67. The van der Waals surface area contributed by atoms with E-state index in [9.17, 15) is 0 Å². The lowest BCUT2D eigenvalue weighted by Crippen LogP contribution is -1.95. The average molecular weight is 233 g/mol. The van der Waals surface area contributed by atoms with E-state index in [0.717, 1.165) is 22.9 Å². The van der Waals surface area contributed by atoms with Crippen molar-refractivity contribution in [1.29, 1.82) is 0 Å². The first kappa shape index (κ1) is 12.0. The molecule has 5 heteroatoms. The predicted molar refractivity (Wildman–Crippen MR) is 61.1 cm³/mol. The Morgan fingerprint density at radius 1 is 1.36 bits per heavy atom. The van der Waals surface area contributed by atoms with E-state index in [0.29, 0.717) is 13.2 Å². The molecule has 1 aromatic heterocycles. The minimum Gasteiger partial charge on any atom is -0.384 e. The quantitative estimate of drug-likeness (QED) is 0.762. The van der Waals surface area contributed by atoms with Crippen LogP contribution in [0.4, 0.5) is 0 Å². The fourth-order valence-corrected chi connectivity index (χ4v) is 2.39. The van der Waals surface area contributed by atoms with Crippen LogP contribution in [-0.2, 0) is 28.3 Å². The lowest BCUT2D eigenvalue weighted by molar-refractivity contribution is 0.181. The van der Waals surface area contributed by atoms with Gasteiger partial charge in [0.2, 0.25) is 0 Å².